The van der Waals surface area contributed by atoms with Gasteiger partial charge in [-0.1, -0.05) is 54.6 Å². The normalized spacial score (nSPS) is 12.3. The Hall–Kier alpha value is -4.08. The highest BCUT2D eigenvalue weighted by atomic mass is 32.1. The lowest BCUT2D eigenvalue weighted by Gasteiger charge is -2.07. The van der Waals surface area contributed by atoms with Crippen molar-refractivity contribution >= 4 is 75.1 Å². The molecular weight excluding hydrogens is 432 g/mol. The summed E-state index contributed by atoms with van der Waals surface area (Å²) in [6.45, 7) is 0. The summed E-state index contributed by atoms with van der Waals surface area (Å²) in [6.07, 6.45) is 0. The smallest absolute Gasteiger partial charge is 0.0548 e. The first kappa shape index (κ1) is 18.4. The van der Waals surface area contributed by atoms with E-state index in [1.807, 2.05) is 11.3 Å². The average molecular weight is 453 g/mol. The third kappa shape index (κ3) is 2.20. The molecule has 2 nitrogen and oxygen atoms in total. The van der Waals surface area contributed by atoms with E-state index in [0.29, 0.717) is 0 Å². The van der Waals surface area contributed by atoms with Crippen molar-refractivity contribution in [1.29, 1.82) is 0 Å². The fraction of sp³-hybridized carbons (Fsp3) is 0.0323. The first-order valence-electron chi connectivity index (χ1n) is 11.6. The van der Waals surface area contributed by atoms with Crippen LogP contribution in [0.5, 0.6) is 0 Å². The van der Waals surface area contributed by atoms with Gasteiger partial charge in [0.25, 0.3) is 0 Å². The molecule has 0 radical (unpaired) electrons. The predicted octanol–water partition coefficient (Wildman–Crippen LogP) is 8.80. The van der Waals surface area contributed by atoms with Crippen molar-refractivity contribution in [2.24, 2.45) is 7.05 Å². The molecule has 0 spiro atoms. The van der Waals surface area contributed by atoms with E-state index in [1.54, 1.807) is 0 Å². The number of hydrogen-bond donors (Lipinski definition) is 0. The fourth-order valence-electron chi connectivity index (χ4n) is 5.91. The number of hydrogen-bond acceptors (Lipinski definition) is 1. The molecule has 0 saturated carbocycles. The molecule has 0 aliphatic rings. The van der Waals surface area contributed by atoms with Crippen molar-refractivity contribution in [1.82, 2.24) is 9.13 Å². The van der Waals surface area contributed by atoms with Crippen LogP contribution in [-0.2, 0) is 7.05 Å². The van der Waals surface area contributed by atoms with Crippen molar-refractivity contribution in [2.75, 3.05) is 0 Å². The van der Waals surface area contributed by atoms with Crippen LogP contribution in [0.25, 0.3) is 69.5 Å². The van der Waals surface area contributed by atoms with Crippen molar-refractivity contribution in [2.45, 2.75) is 0 Å². The molecule has 0 saturated heterocycles. The van der Waals surface area contributed by atoms with E-state index < -0.39 is 0 Å². The monoisotopic (exact) mass is 452 g/mol. The first-order chi connectivity index (χ1) is 16.8. The number of para-hydroxylation sites is 2. The van der Waals surface area contributed by atoms with Gasteiger partial charge in [-0.25, -0.2) is 0 Å². The van der Waals surface area contributed by atoms with Gasteiger partial charge in [-0.05, 0) is 48.5 Å². The number of aryl methyl sites for hydroxylation is 1. The molecule has 3 aromatic heterocycles. The second-order valence-corrected chi connectivity index (χ2v) is 10.1. The van der Waals surface area contributed by atoms with Gasteiger partial charge in [0.2, 0.25) is 0 Å². The maximum atomic E-state index is 2.41. The Morgan fingerprint density at radius 1 is 0.471 bits per heavy atom. The predicted molar refractivity (Wildman–Crippen MR) is 148 cm³/mol. The minimum Gasteiger partial charge on any atom is -0.344 e. The van der Waals surface area contributed by atoms with Crippen LogP contribution < -0.4 is 0 Å². The van der Waals surface area contributed by atoms with Gasteiger partial charge < -0.3 is 9.13 Å². The molecule has 8 aromatic rings. The van der Waals surface area contributed by atoms with E-state index in [1.165, 1.54) is 69.5 Å². The highest BCUT2D eigenvalue weighted by Crippen LogP contribution is 2.46. The lowest BCUT2D eigenvalue weighted by Crippen LogP contribution is -1.93. The van der Waals surface area contributed by atoms with E-state index in [2.05, 4.69) is 119 Å². The standard InChI is InChI=1S/C31H20N2S/c1-32-23-15-16-25-28(20-11-5-7-13-22(20)33(25)19-9-3-2-4-10-19)30(23)31-24(32)17-18-27-29(31)21-12-6-8-14-26(21)34-27/h2-18H,1H3. The molecule has 0 aliphatic carbocycles. The van der Waals surface area contributed by atoms with Crippen LogP contribution in [0.1, 0.15) is 0 Å². The van der Waals surface area contributed by atoms with Crippen LogP contribution in [0.2, 0.25) is 0 Å². The summed E-state index contributed by atoms with van der Waals surface area (Å²) < 4.78 is 7.48. The Bertz CT molecular complexity index is 2070. The highest BCUT2D eigenvalue weighted by Gasteiger charge is 2.21. The third-order valence-electron chi connectivity index (χ3n) is 7.33. The first-order valence-corrected chi connectivity index (χ1v) is 12.4. The number of nitrogens with zero attached hydrogens (tertiary/aromatic N) is 2. The van der Waals surface area contributed by atoms with Crippen molar-refractivity contribution < 1.29 is 0 Å². The molecule has 0 aliphatic heterocycles. The van der Waals surface area contributed by atoms with Gasteiger partial charge in [0.1, 0.15) is 0 Å². The molecule has 0 N–H and O–H groups in total. The minimum absolute atomic E-state index is 1.19. The molecular formula is C31H20N2S. The number of thiophene rings is 1. The molecule has 3 heterocycles. The zero-order chi connectivity index (χ0) is 22.4. The topological polar surface area (TPSA) is 9.86 Å². The van der Waals surface area contributed by atoms with Crippen LogP contribution in [0.4, 0.5) is 0 Å². The maximum absolute atomic E-state index is 2.41. The molecule has 34 heavy (non-hydrogen) atoms. The van der Waals surface area contributed by atoms with Gasteiger partial charge in [0, 0.05) is 65.5 Å². The Morgan fingerprint density at radius 2 is 1.12 bits per heavy atom. The fourth-order valence-corrected chi connectivity index (χ4v) is 7.02. The Morgan fingerprint density at radius 3 is 1.97 bits per heavy atom. The zero-order valence-corrected chi connectivity index (χ0v) is 19.4. The van der Waals surface area contributed by atoms with Crippen LogP contribution >= 0.6 is 11.3 Å². The van der Waals surface area contributed by atoms with Crippen LogP contribution in [0.15, 0.2) is 103 Å². The molecule has 0 bridgehead atoms. The van der Waals surface area contributed by atoms with E-state index in [0.717, 1.165) is 0 Å². The number of aromatic nitrogens is 2. The Labute approximate surface area is 199 Å². The van der Waals surface area contributed by atoms with Crippen LogP contribution in [0.3, 0.4) is 0 Å². The summed E-state index contributed by atoms with van der Waals surface area (Å²) >= 11 is 1.89. The summed E-state index contributed by atoms with van der Waals surface area (Å²) in [4.78, 5) is 0. The van der Waals surface area contributed by atoms with Crippen LogP contribution in [0, 0.1) is 0 Å². The van der Waals surface area contributed by atoms with Gasteiger partial charge in [0.05, 0.1) is 11.0 Å². The zero-order valence-electron chi connectivity index (χ0n) is 18.6. The van der Waals surface area contributed by atoms with Gasteiger partial charge in [-0.15, -0.1) is 11.3 Å². The minimum atomic E-state index is 1.19. The van der Waals surface area contributed by atoms with Gasteiger partial charge in [0.15, 0.2) is 0 Å². The third-order valence-corrected chi connectivity index (χ3v) is 8.46. The van der Waals surface area contributed by atoms with Gasteiger partial charge in [-0.2, -0.15) is 0 Å². The van der Waals surface area contributed by atoms with Crippen molar-refractivity contribution in [3.63, 3.8) is 0 Å². The van der Waals surface area contributed by atoms with Crippen molar-refractivity contribution in [3.8, 4) is 5.69 Å². The van der Waals surface area contributed by atoms with E-state index >= 15 is 0 Å². The molecule has 0 unspecified atom stereocenters. The summed E-state index contributed by atoms with van der Waals surface area (Å²) in [5.41, 5.74) is 6.26. The van der Waals surface area contributed by atoms with E-state index in [-0.39, 0.29) is 0 Å². The molecule has 5 aromatic carbocycles. The molecule has 0 atom stereocenters. The van der Waals surface area contributed by atoms with Crippen LogP contribution in [-0.4, -0.2) is 9.13 Å². The number of rotatable bonds is 1. The number of fused-ring (bicyclic) bond motifs is 11. The van der Waals surface area contributed by atoms with Gasteiger partial charge in [-0.3, -0.25) is 0 Å². The largest absolute Gasteiger partial charge is 0.344 e. The Balaban J connectivity index is 1.71. The summed E-state index contributed by atoms with van der Waals surface area (Å²) in [5, 5.41) is 8.10. The van der Waals surface area contributed by atoms with E-state index in [4.69, 9.17) is 0 Å². The number of benzene rings is 5. The molecule has 0 amide bonds. The maximum Gasteiger partial charge on any atom is 0.0548 e. The summed E-state index contributed by atoms with van der Waals surface area (Å²) in [6, 6.07) is 37.6. The lowest BCUT2D eigenvalue weighted by atomic mass is 10.0. The SMILES string of the molecule is Cn1c2ccc3sc4ccccc4c3c2c2c3c4ccccc4n(-c4ccccc4)c3ccc21. The summed E-state index contributed by atoms with van der Waals surface area (Å²) in [7, 11) is 2.20. The second-order valence-electron chi connectivity index (χ2n) is 9.03. The highest BCUT2D eigenvalue weighted by molar-refractivity contribution is 7.26. The lowest BCUT2D eigenvalue weighted by molar-refractivity contribution is 1.02. The molecule has 0 fully saturated rings. The Kier molecular flexibility index (Phi) is 3.51. The molecule has 8 rings (SSSR count). The molecule has 3 heteroatoms. The van der Waals surface area contributed by atoms with Crippen molar-refractivity contribution in [3.05, 3.63) is 103 Å². The summed E-state index contributed by atoms with van der Waals surface area (Å²) in [5.74, 6) is 0. The van der Waals surface area contributed by atoms with E-state index in [9.17, 15) is 0 Å². The average Bonchev–Trinajstić information content (AvgIpc) is 3.52. The quantitative estimate of drug-likeness (QED) is 0.235. The van der Waals surface area contributed by atoms with Gasteiger partial charge >= 0.3 is 0 Å². The second kappa shape index (κ2) is 6.49. The molecule has 160 valence electrons.